The van der Waals surface area contributed by atoms with Gasteiger partial charge < -0.3 is 84.6 Å². The van der Waals surface area contributed by atoms with Gasteiger partial charge in [-0.25, -0.2) is 4.79 Å². The van der Waals surface area contributed by atoms with Crippen molar-refractivity contribution in [2.45, 2.75) is 164 Å². The van der Waals surface area contributed by atoms with Crippen molar-refractivity contribution in [3.8, 4) is 0 Å². The van der Waals surface area contributed by atoms with Crippen LogP contribution in [0.15, 0.2) is 47.6 Å². The average molecular weight is 807 g/mol. The molecule has 0 spiro atoms. The fourth-order valence-corrected chi connectivity index (χ4v) is 6.42. The predicted molar refractivity (Wildman–Crippen MR) is 195 cm³/mol. The molecular formula is C38H62O18. The summed E-state index contributed by atoms with van der Waals surface area (Å²) in [6.07, 6.45) is -12.3. The first-order valence-corrected chi connectivity index (χ1v) is 18.8. The Morgan fingerprint density at radius 3 is 1.59 bits per heavy atom. The molecule has 3 rings (SSSR count). The van der Waals surface area contributed by atoms with Crippen molar-refractivity contribution in [2.75, 3.05) is 19.8 Å². The molecule has 3 saturated heterocycles. The Bertz CT molecular complexity index is 1340. The summed E-state index contributed by atoms with van der Waals surface area (Å²) in [7, 11) is 0. The van der Waals surface area contributed by atoms with Crippen molar-refractivity contribution in [1.82, 2.24) is 0 Å². The molecule has 0 aromatic heterocycles. The Morgan fingerprint density at radius 2 is 1.07 bits per heavy atom. The van der Waals surface area contributed by atoms with Gasteiger partial charge in [0.25, 0.3) is 0 Å². The van der Waals surface area contributed by atoms with Gasteiger partial charge in [0.1, 0.15) is 73.2 Å². The van der Waals surface area contributed by atoms with Crippen LogP contribution in [0, 0.1) is 0 Å². The lowest BCUT2D eigenvalue weighted by molar-refractivity contribution is -0.375. The molecule has 0 radical (unpaired) electrons. The number of aliphatic hydroxyl groups excluding tert-OH is 11. The Balaban J connectivity index is 1.51. The van der Waals surface area contributed by atoms with E-state index >= 15 is 0 Å². The maximum absolute atomic E-state index is 12.5. The van der Waals surface area contributed by atoms with Crippen LogP contribution in [0.4, 0.5) is 0 Å². The monoisotopic (exact) mass is 806 g/mol. The van der Waals surface area contributed by atoms with Crippen LogP contribution in [0.5, 0.6) is 0 Å². The highest BCUT2D eigenvalue weighted by atomic mass is 16.8. The largest absolute Gasteiger partial charge is 0.429 e. The number of allylic oxidation sites excluding steroid dienone is 5. The standard InChI is InChI=1S/C38H62O18/c1-6-38(5,56-37-33(30(47)27(44)24(18-41)53-37)54-35-31(48)28(45)25(42)22(16-39)51-35)15-9-13-20(3)11-7-10-19(2)12-8-14-21(4)34(50)55-36-32(49)29(46)26(43)23(17-40)52-36/h6,10,13-14,22-33,35-37,39-49H,1,7-9,11-12,15-18H2,2-5H3. The van der Waals surface area contributed by atoms with E-state index in [4.69, 9.17) is 28.4 Å². The highest BCUT2D eigenvalue weighted by Crippen LogP contribution is 2.33. The smallest absolute Gasteiger partial charge is 0.335 e. The zero-order chi connectivity index (χ0) is 41.9. The minimum absolute atomic E-state index is 0.262. The highest BCUT2D eigenvalue weighted by molar-refractivity contribution is 5.87. The molecule has 3 aliphatic rings. The molecule has 16 unspecified atom stereocenters. The molecule has 0 amide bonds. The maximum atomic E-state index is 12.5. The van der Waals surface area contributed by atoms with Gasteiger partial charge in [-0.2, -0.15) is 0 Å². The van der Waals surface area contributed by atoms with Crippen molar-refractivity contribution in [1.29, 1.82) is 0 Å². The summed E-state index contributed by atoms with van der Waals surface area (Å²) in [5, 5.41) is 111. The number of carbonyl (C=O) groups excluding carboxylic acids is 1. The van der Waals surface area contributed by atoms with Gasteiger partial charge in [0.05, 0.1) is 25.4 Å². The van der Waals surface area contributed by atoms with Crippen molar-refractivity contribution in [2.24, 2.45) is 0 Å². The molecule has 0 aromatic carbocycles. The van der Waals surface area contributed by atoms with E-state index in [1.807, 2.05) is 19.9 Å². The van der Waals surface area contributed by atoms with Crippen molar-refractivity contribution in [3.63, 3.8) is 0 Å². The van der Waals surface area contributed by atoms with E-state index < -0.39 is 124 Å². The van der Waals surface area contributed by atoms with Gasteiger partial charge in [0, 0.05) is 5.57 Å². The van der Waals surface area contributed by atoms with E-state index in [9.17, 15) is 61.0 Å². The normalized spacial score (nSPS) is 38.6. The summed E-state index contributed by atoms with van der Waals surface area (Å²) < 4.78 is 33.6. The second kappa shape index (κ2) is 22.2. The van der Waals surface area contributed by atoms with Crippen molar-refractivity contribution in [3.05, 3.63) is 47.6 Å². The van der Waals surface area contributed by atoms with E-state index in [1.165, 1.54) is 6.08 Å². The summed E-state index contributed by atoms with van der Waals surface area (Å²) in [6.45, 7) is 9.09. The summed E-state index contributed by atoms with van der Waals surface area (Å²) >= 11 is 0. The lowest BCUT2D eigenvalue weighted by Crippen LogP contribution is -2.65. The quantitative estimate of drug-likeness (QED) is 0.0386. The topological polar surface area (TPSA) is 295 Å². The number of esters is 1. The van der Waals surface area contributed by atoms with E-state index in [0.717, 1.165) is 24.0 Å². The van der Waals surface area contributed by atoms with Crippen LogP contribution in [0.2, 0.25) is 0 Å². The zero-order valence-electron chi connectivity index (χ0n) is 32.3. The minimum atomic E-state index is -1.79. The third-order valence-corrected chi connectivity index (χ3v) is 10.3. The number of carbonyl (C=O) groups is 1. The summed E-state index contributed by atoms with van der Waals surface area (Å²) in [5.41, 5.74) is 1.38. The lowest BCUT2D eigenvalue weighted by atomic mass is 9.95. The van der Waals surface area contributed by atoms with Gasteiger partial charge in [0.2, 0.25) is 6.29 Å². The molecule has 18 nitrogen and oxygen atoms in total. The van der Waals surface area contributed by atoms with Gasteiger partial charge in [-0.1, -0.05) is 35.5 Å². The molecule has 16 atom stereocenters. The summed E-state index contributed by atoms with van der Waals surface area (Å²) in [4.78, 5) is 12.5. The Morgan fingerprint density at radius 1 is 0.625 bits per heavy atom. The fraction of sp³-hybridized carbons (Fsp3) is 0.763. The van der Waals surface area contributed by atoms with Crippen LogP contribution < -0.4 is 0 Å². The van der Waals surface area contributed by atoms with Gasteiger partial charge in [-0.3, -0.25) is 0 Å². The molecule has 3 fully saturated rings. The first kappa shape index (κ1) is 48.2. The molecule has 56 heavy (non-hydrogen) atoms. The maximum Gasteiger partial charge on any atom is 0.335 e. The van der Waals surface area contributed by atoms with Gasteiger partial charge in [0.15, 0.2) is 12.6 Å². The fourth-order valence-electron chi connectivity index (χ4n) is 6.42. The van der Waals surface area contributed by atoms with E-state index in [0.29, 0.717) is 25.7 Å². The van der Waals surface area contributed by atoms with Crippen LogP contribution in [0.1, 0.15) is 66.2 Å². The van der Waals surface area contributed by atoms with E-state index in [-0.39, 0.29) is 5.57 Å². The zero-order valence-corrected chi connectivity index (χ0v) is 32.3. The van der Waals surface area contributed by atoms with Crippen LogP contribution in [0.25, 0.3) is 0 Å². The molecule has 3 aliphatic heterocycles. The first-order chi connectivity index (χ1) is 26.4. The molecule has 0 saturated carbocycles. The number of aliphatic hydroxyl groups is 11. The van der Waals surface area contributed by atoms with Crippen molar-refractivity contribution >= 4 is 5.97 Å². The molecule has 3 heterocycles. The second-order valence-electron chi connectivity index (χ2n) is 14.8. The third-order valence-electron chi connectivity index (χ3n) is 10.3. The molecule has 322 valence electrons. The van der Waals surface area contributed by atoms with E-state index in [2.05, 4.69) is 12.7 Å². The molecule has 0 aromatic rings. The minimum Gasteiger partial charge on any atom is -0.429 e. The predicted octanol–water partition coefficient (Wildman–Crippen LogP) is -1.91. The lowest BCUT2D eigenvalue weighted by Gasteiger charge is -2.47. The highest BCUT2D eigenvalue weighted by Gasteiger charge is 2.52. The average Bonchev–Trinajstić information content (AvgIpc) is 3.17. The summed E-state index contributed by atoms with van der Waals surface area (Å²) in [5.74, 6) is -0.770. The number of hydrogen-bond donors (Lipinski definition) is 11. The van der Waals surface area contributed by atoms with Crippen LogP contribution in [0.3, 0.4) is 0 Å². The molecule has 11 N–H and O–H groups in total. The first-order valence-electron chi connectivity index (χ1n) is 18.8. The van der Waals surface area contributed by atoms with Gasteiger partial charge in [-0.05, 0) is 66.2 Å². The Labute approximate surface area is 326 Å². The SMILES string of the molecule is C=CC(C)(CCC=C(C)CCC=C(C)CCC=C(C)C(=O)OC1OC(CO)C(O)C(O)C1O)OC1OC(CO)C(O)C(O)C1OC1OC(CO)C(O)C(O)C1O. The molecule has 0 aliphatic carbocycles. The molecule has 0 bridgehead atoms. The molecular weight excluding hydrogens is 744 g/mol. The second-order valence-corrected chi connectivity index (χ2v) is 14.8. The van der Waals surface area contributed by atoms with Crippen molar-refractivity contribution < 1.29 is 89.4 Å². The summed E-state index contributed by atoms with van der Waals surface area (Å²) in [6, 6.07) is 0. The molecule has 18 heteroatoms. The number of rotatable bonds is 19. The van der Waals surface area contributed by atoms with Crippen LogP contribution >= 0.6 is 0 Å². The third kappa shape index (κ3) is 12.6. The van der Waals surface area contributed by atoms with Crippen LogP contribution in [-0.2, 0) is 33.2 Å². The van der Waals surface area contributed by atoms with Gasteiger partial charge >= 0.3 is 5.97 Å². The number of ether oxygens (including phenoxy) is 6. The van der Waals surface area contributed by atoms with E-state index in [1.54, 1.807) is 19.9 Å². The number of hydrogen-bond acceptors (Lipinski definition) is 18. The van der Waals surface area contributed by atoms with Gasteiger partial charge in [-0.15, -0.1) is 6.58 Å². The Hall–Kier alpha value is -2.21. The van der Waals surface area contributed by atoms with Crippen LogP contribution in [-0.4, -0.2) is 180 Å². The Kier molecular flexibility index (Phi) is 19.1.